The predicted octanol–water partition coefficient (Wildman–Crippen LogP) is 3.41. The molecule has 1 aromatic carbocycles. The van der Waals surface area contributed by atoms with Crippen molar-refractivity contribution in [3.8, 4) is 5.69 Å². The van der Waals surface area contributed by atoms with Gasteiger partial charge in [0.25, 0.3) is 0 Å². The molecule has 1 amide bonds. The molecule has 2 aromatic rings. The summed E-state index contributed by atoms with van der Waals surface area (Å²) in [6.45, 7) is 2.02. The van der Waals surface area contributed by atoms with Crippen LogP contribution in [0.4, 0.5) is 0 Å². The second-order valence-corrected chi connectivity index (χ2v) is 5.82. The van der Waals surface area contributed by atoms with E-state index in [1.54, 1.807) is 12.5 Å². The Kier molecular flexibility index (Phi) is 4.37. The monoisotopic (exact) mass is 295 g/mol. The van der Waals surface area contributed by atoms with Crippen LogP contribution in [-0.2, 0) is 4.79 Å². The molecule has 1 heterocycles. The van der Waals surface area contributed by atoms with Crippen molar-refractivity contribution in [2.75, 3.05) is 0 Å². The van der Waals surface area contributed by atoms with E-state index in [-0.39, 0.29) is 11.9 Å². The SMILES string of the molecule is C[C@H](NC(=O)C[C@H]1C=CCC1)c1cccc(-n2ccnc2)c1. The number of carbonyl (C=O) groups excluding carboxylic acids is 1. The summed E-state index contributed by atoms with van der Waals surface area (Å²) in [7, 11) is 0. The van der Waals surface area contributed by atoms with Crippen molar-refractivity contribution in [3.63, 3.8) is 0 Å². The molecule has 0 bridgehead atoms. The number of hydrogen-bond donors (Lipinski definition) is 1. The van der Waals surface area contributed by atoms with Crippen LogP contribution >= 0.6 is 0 Å². The van der Waals surface area contributed by atoms with Gasteiger partial charge in [-0.15, -0.1) is 0 Å². The molecule has 1 aliphatic rings. The molecule has 114 valence electrons. The van der Waals surface area contributed by atoms with Gasteiger partial charge in [0.2, 0.25) is 5.91 Å². The lowest BCUT2D eigenvalue weighted by molar-refractivity contribution is -0.122. The minimum Gasteiger partial charge on any atom is -0.350 e. The number of rotatable bonds is 5. The van der Waals surface area contributed by atoms with Crippen molar-refractivity contribution in [2.24, 2.45) is 5.92 Å². The fourth-order valence-corrected chi connectivity index (χ4v) is 2.85. The van der Waals surface area contributed by atoms with E-state index >= 15 is 0 Å². The summed E-state index contributed by atoms with van der Waals surface area (Å²) in [5.41, 5.74) is 2.15. The van der Waals surface area contributed by atoms with Crippen LogP contribution in [-0.4, -0.2) is 15.5 Å². The lowest BCUT2D eigenvalue weighted by Crippen LogP contribution is -2.27. The number of benzene rings is 1. The van der Waals surface area contributed by atoms with Gasteiger partial charge in [-0.25, -0.2) is 4.98 Å². The number of carbonyl (C=O) groups is 1. The van der Waals surface area contributed by atoms with Gasteiger partial charge in [-0.3, -0.25) is 4.79 Å². The van der Waals surface area contributed by atoms with Crippen molar-refractivity contribution in [3.05, 3.63) is 60.7 Å². The highest BCUT2D eigenvalue weighted by Gasteiger charge is 2.16. The Bertz CT molecular complexity index is 661. The quantitative estimate of drug-likeness (QED) is 0.859. The minimum absolute atomic E-state index is 0.00125. The van der Waals surface area contributed by atoms with Gasteiger partial charge in [0.15, 0.2) is 0 Å². The molecule has 0 fully saturated rings. The Morgan fingerprint density at radius 1 is 1.50 bits per heavy atom. The van der Waals surface area contributed by atoms with E-state index in [2.05, 4.69) is 28.5 Å². The fourth-order valence-electron chi connectivity index (χ4n) is 2.85. The number of amides is 1. The van der Waals surface area contributed by atoms with Gasteiger partial charge in [-0.05, 0) is 43.4 Å². The average Bonchev–Trinajstić information content (AvgIpc) is 3.20. The summed E-state index contributed by atoms with van der Waals surface area (Å²) < 4.78 is 1.96. The predicted molar refractivity (Wildman–Crippen MR) is 86.6 cm³/mol. The smallest absolute Gasteiger partial charge is 0.221 e. The molecule has 0 saturated carbocycles. The molecule has 22 heavy (non-hydrogen) atoms. The van der Waals surface area contributed by atoms with Crippen LogP contribution < -0.4 is 5.32 Å². The Labute approximate surface area is 130 Å². The van der Waals surface area contributed by atoms with Crippen LogP contribution in [0.1, 0.15) is 37.8 Å². The zero-order valence-electron chi connectivity index (χ0n) is 12.8. The van der Waals surface area contributed by atoms with Crippen molar-refractivity contribution in [1.82, 2.24) is 14.9 Å². The Balaban J connectivity index is 1.64. The molecule has 3 rings (SSSR count). The normalized spacial score (nSPS) is 18.3. The molecule has 0 saturated heterocycles. The van der Waals surface area contributed by atoms with E-state index in [4.69, 9.17) is 0 Å². The van der Waals surface area contributed by atoms with Gasteiger partial charge >= 0.3 is 0 Å². The first-order valence-electron chi connectivity index (χ1n) is 7.76. The lowest BCUT2D eigenvalue weighted by atomic mass is 10.0. The minimum atomic E-state index is 0.00125. The standard InChI is InChI=1S/C18H21N3O/c1-14(20-18(22)11-15-5-2-3-6-15)16-7-4-8-17(12-16)21-10-9-19-13-21/h2,4-5,7-10,12-15H,3,6,11H2,1H3,(H,20,22)/t14-,15-/m0/s1. The molecule has 1 aromatic heterocycles. The first-order valence-corrected chi connectivity index (χ1v) is 7.76. The molecule has 1 N–H and O–H groups in total. The van der Waals surface area contributed by atoms with E-state index in [9.17, 15) is 4.79 Å². The maximum Gasteiger partial charge on any atom is 0.221 e. The molecular weight excluding hydrogens is 274 g/mol. The van der Waals surface area contributed by atoms with Crippen LogP contribution in [0.2, 0.25) is 0 Å². The van der Waals surface area contributed by atoms with Crippen molar-refractivity contribution in [1.29, 1.82) is 0 Å². The molecule has 1 aliphatic carbocycles. The van der Waals surface area contributed by atoms with Gasteiger partial charge < -0.3 is 9.88 Å². The third-order valence-electron chi connectivity index (χ3n) is 4.11. The highest BCUT2D eigenvalue weighted by atomic mass is 16.1. The molecule has 2 atom stereocenters. The van der Waals surface area contributed by atoms with E-state index in [1.807, 2.05) is 35.9 Å². The molecular formula is C18H21N3O. The highest BCUT2D eigenvalue weighted by molar-refractivity contribution is 5.77. The Morgan fingerprint density at radius 3 is 3.14 bits per heavy atom. The Hall–Kier alpha value is -2.36. The highest BCUT2D eigenvalue weighted by Crippen LogP contribution is 2.21. The van der Waals surface area contributed by atoms with Crippen LogP contribution in [0.5, 0.6) is 0 Å². The number of aromatic nitrogens is 2. The summed E-state index contributed by atoms with van der Waals surface area (Å²) >= 11 is 0. The van der Waals surface area contributed by atoms with E-state index in [0.717, 1.165) is 24.1 Å². The number of allylic oxidation sites excluding steroid dienone is 2. The number of hydrogen-bond acceptors (Lipinski definition) is 2. The largest absolute Gasteiger partial charge is 0.350 e. The summed E-state index contributed by atoms with van der Waals surface area (Å²) in [4.78, 5) is 16.2. The second kappa shape index (κ2) is 6.60. The van der Waals surface area contributed by atoms with Crippen LogP contribution in [0.15, 0.2) is 55.1 Å². The molecule has 0 spiro atoms. The first-order chi connectivity index (χ1) is 10.7. The third-order valence-corrected chi connectivity index (χ3v) is 4.11. The topological polar surface area (TPSA) is 46.9 Å². The van der Waals surface area contributed by atoms with Gasteiger partial charge in [0, 0.05) is 24.5 Å². The Morgan fingerprint density at radius 2 is 2.41 bits per heavy atom. The zero-order valence-corrected chi connectivity index (χ0v) is 12.8. The van der Waals surface area contributed by atoms with Crippen LogP contribution in [0.25, 0.3) is 5.69 Å². The summed E-state index contributed by atoms with van der Waals surface area (Å²) in [6.07, 6.45) is 12.5. The summed E-state index contributed by atoms with van der Waals surface area (Å²) in [5.74, 6) is 0.529. The van der Waals surface area contributed by atoms with E-state index in [0.29, 0.717) is 12.3 Å². The van der Waals surface area contributed by atoms with Crippen molar-refractivity contribution >= 4 is 5.91 Å². The molecule has 0 radical (unpaired) electrons. The lowest BCUT2D eigenvalue weighted by Gasteiger charge is -2.17. The van der Waals surface area contributed by atoms with Crippen LogP contribution in [0, 0.1) is 5.92 Å². The van der Waals surface area contributed by atoms with Crippen molar-refractivity contribution in [2.45, 2.75) is 32.2 Å². The maximum absolute atomic E-state index is 12.1. The molecule has 4 nitrogen and oxygen atoms in total. The van der Waals surface area contributed by atoms with Crippen LogP contribution in [0.3, 0.4) is 0 Å². The third kappa shape index (κ3) is 3.45. The summed E-state index contributed by atoms with van der Waals surface area (Å²) in [6, 6.07) is 8.17. The number of imidazole rings is 1. The van der Waals surface area contributed by atoms with Crippen molar-refractivity contribution < 1.29 is 4.79 Å². The zero-order chi connectivity index (χ0) is 15.4. The van der Waals surface area contributed by atoms with Gasteiger partial charge in [-0.2, -0.15) is 0 Å². The maximum atomic E-state index is 12.1. The molecule has 0 aliphatic heterocycles. The second-order valence-electron chi connectivity index (χ2n) is 5.82. The molecule has 4 heteroatoms. The summed E-state index contributed by atoms with van der Waals surface area (Å²) in [5, 5.41) is 3.10. The van der Waals surface area contributed by atoms with E-state index in [1.165, 1.54) is 0 Å². The first kappa shape index (κ1) is 14.6. The van der Waals surface area contributed by atoms with Gasteiger partial charge in [0.05, 0.1) is 12.4 Å². The van der Waals surface area contributed by atoms with Gasteiger partial charge in [-0.1, -0.05) is 24.3 Å². The van der Waals surface area contributed by atoms with E-state index < -0.39 is 0 Å². The number of nitrogens with zero attached hydrogens (tertiary/aromatic N) is 2. The van der Waals surface area contributed by atoms with Gasteiger partial charge in [0.1, 0.15) is 0 Å². The fraction of sp³-hybridized carbons (Fsp3) is 0.333. The average molecular weight is 295 g/mol. The number of nitrogens with one attached hydrogen (secondary N) is 1. The molecule has 0 unspecified atom stereocenters.